The average molecular weight is 421 g/mol. The third kappa shape index (κ3) is 5.36. The molecule has 0 fully saturated rings. The molecule has 0 bridgehead atoms. The van der Waals surface area contributed by atoms with Gasteiger partial charge in [-0.3, -0.25) is 14.3 Å². The van der Waals surface area contributed by atoms with E-state index < -0.39 is 18.5 Å². The van der Waals surface area contributed by atoms with Crippen LogP contribution in [0.1, 0.15) is 28.7 Å². The van der Waals surface area contributed by atoms with Crippen molar-refractivity contribution in [3.8, 4) is 16.9 Å². The topological polar surface area (TPSA) is 99.5 Å². The number of aryl methyl sites for hydroxylation is 2. The Bertz CT molecular complexity index is 1120. The molecular formula is C23H23N3O5. The SMILES string of the molecule is CC(=O)Oc1ccc(-c2ccc(C(=O)OCC(=O)Nc3c(C)nn(C)c3C)cc2)cc1. The number of benzene rings is 2. The summed E-state index contributed by atoms with van der Waals surface area (Å²) in [4.78, 5) is 35.4. The molecule has 1 N–H and O–H groups in total. The minimum atomic E-state index is -0.591. The first-order valence-electron chi connectivity index (χ1n) is 9.60. The molecule has 0 aliphatic heterocycles. The highest BCUT2D eigenvalue weighted by molar-refractivity contribution is 5.96. The molecule has 0 saturated carbocycles. The van der Waals surface area contributed by atoms with Crippen molar-refractivity contribution in [1.29, 1.82) is 0 Å². The van der Waals surface area contributed by atoms with Crippen molar-refractivity contribution in [3.05, 3.63) is 65.5 Å². The number of esters is 2. The number of hydrogen-bond donors (Lipinski definition) is 1. The van der Waals surface area contributed by atoms with Gasteiger partial charge in [-0.15, -0.1) is 0 Å². The monoisotopic (exact) mass is 421 g/mol. The van der Waals surface area contributed by atoms with Gasteiger partial charge in [-0.05, 0) is 49.2 Å². The summed E-state index contributed by atoms with van der Waals surface area (Å²) >= 11 is 0. The molecular weight excluding hydrogens is 398 g/mol. The number of nitrogens with zero attached hydrogens (tertiary/aromatic N) is 2. The van der Waals surface area contributed by atoms with E-state index in [9.17, 15) is 14.4 Å². The van der Waals surface area contributed by atoms with Crippen molar-refractivity contribution in [2.24, 2.45) is 7.05 Å². The lowest BCUT2D eigenvalue weighted by atomic mass is 10.0. The van der Waals surface area contributed by atoms with Gasteiger partial charge in [0.25, 0.3) is 5.91 Å². The third-order valence-electron chi connectivity index (χ3n) is 4.68. The molecule has 31 heavy (non-hydrogen) atoms. The zero-order valence-corrected chi connectivity index (χ0v) is 17.8. The quantitative estimate of drug-likeness (QED) is 0.484. The lowest BCUT2D eigenvalue weighted by molar-refractivity contribution is -0.131. The van der Waals surface area contributed by atoms with Gasteiger partial charge in [0.05, 0.1) is 22.6 Å². The van der Waals surface area contributed by atoms with Crippen molar-refractivity contribution in [1.82, 2.24) is 9.78 Å². The molecule has 160 valence electrons. The van der Waals surface area contributed by atoms with E-state index >= 15 is 0 Å². The highest BCUT2D eigenvalue weighted by Gasteiger charge is 2.15. The van der Waals surface area contributed by atoms with Gasteiger partial charge in [-0.2, -0.15) is 5.10 Å². The summed E-state index contributed by atoms with van der Waals surface area (Å²) in [6.45, 7) is 4.58. The molecule has 2 aromatic carbocycles. The lowest BCUT2D eigenvalue weighted by Gasteiger charge is -2.08. The number of hydrogen-bond acceptors (Lipinski definition) is 6. The summed E-state index contributed by atoms with van der Waals surface area (Å²) in [7, 11) is 1.79. The van der Waals surface area contributed by atoms with Crippen LogP contribution in [0.2, 0.25) is 0 Å². The standard InChI is InChI=1S/C23H23N3O5/c1-14-22(15(2)26(4)25-14)24-21(28)13-30-23(29)19-7-5-17(6-8-19)18-9-11-20(12-10-18)31-16(3)27/h5-12H,13H2,1-4H3,(H,24,28). The normalized spacial score (nSPS) is 10.5. The molecule has 0 unspecified atom stereocenters. The van der Waals surface area contributed by atoms with Crippen LogP contribution in [-0.2, 0) is 21.4 Å². The van der Waals surface area contributed by atoms with E-state index in [1.54, 1.807) is 55.1 Å². The fourth-order valence-corrected chi connectivity index (χ4v) is 3.02. The maximum absolute atomic E-state index is 12.3. The Morgan fingerprint density at radius 3 is 2.06 bits per heavy atom. The van der Waals surface area contributed by atoms with Gasteiger partial charge in [0, 0.05) is 14.0 Å². The Balaban J connectivity index is 1.57. The molecule has 1 heterocycles. The molecule has 1 aromatic heterocycles. The third-order valence-corrected chi connectivity index (χ3v) is 4.68. The van der Waals surface area contributed by atoms with Crippen LogP contribution < -0.4 is 10.1 Å². The molecule has 0 atom stereocenters. The van der Waals surface area contributed by atoms with E-state index in [1.807, 2.05) is 19.1 Å². The first-order valence-corrected chi connectivity index (χ1v) is 9.60. The molecule has 0 spiro atoms. The molecule has 3 rings (SSSR count). The number of carbonyl (C=O) groups excluding carboxylic acids is 3. The van der Waals surface area contributed by atoms with Gasteiger partial charge < -0.3 is 14.8 Å². The summed E-state index contributed by atoms with van der Waals surface area (Å²) < 4.78 is 11.8. The van der Waals surface area contributed by atoms with Crippen LogP contribution in [0.4, 0.5) is 5.69 Å². The number of nitrogens with one attached hydrogen (secondary N) is 1. The lowest BCUT2D eigenvalue weighted by Crippen LogP contribution is -2.21. The second-order valence-corrected chi connectivity index (χ2v) is 6.99. The summed E-state index contributed by atoms with van der Waals surface area (Å²) in [5.74, 6) is -0.940. The number of carbonyl (C=O) groups is 3. The predicted molar refractivity (Wildman–Crippen MR) is 115 cm³/mol. The van der Waals surface area contributed by atoms with Crippen molar-refractivity contribution < 1.29 is 23.9 Å². The van der Waals surface area contributed by atoms with Gasteiger partial charge in [0.15, 0.2) is 6.61 Å². The van der Waals surface area contributed by atoms with E-state index in [-0.39, 0.29) is 5.97 Å². The molecule has 0 aliphatic carbocycles. The first-order chi connectivity index (χ1) is 14.7. The van der Waals surface area contributed by atoms with Crippen LogP contribution in [0, 0.1) is 13.8 Å². The first kappa shape index (κ1) is 21.8. The molecule has 3 aromatic rings. The smallest absolute Gasteiger partial charge is 0.338 e. The van der Waals surface area contributed by atoms with Gasteiger partial charge >= 0.3 is 11.9 Å². The van der Waals surface area contributed by atoms with E-state index in [4.69, 9.17) is 9.47 Å². The molecule has 8 nitrogen and oxygen atoms in total. The van der Waals surface area contributed by atoms with Crippen LogP contribution in [0.25, 0.3) is 11.1 Å². The highest BCUT2D eigenvalue weighted by atomic mass is 16.5. The van der Waals surface area contributed by atoms with E-state index in [0.29, 0.717) is 22.7 Å². The highest BCUT2D eigenvalue weighted by Crippen LogP contribution is 2.23. The van der Waals surface area contributed by atoms with E-state index in [0.717, 1.165) is 16.8 Å². The fraction of sp³-hybridized carbons (Fsp3) is 0.217. The van der Waals surface area contributed by atoms with Gasteiger partial charge in [-0.25, -0.2) is 4.79 Å². The maximum Gasteiger partial charge on any atom is 0.338 e. The van der Waals surface area contributed by atoms with Gasteiger partial charge in [-0.1, -0.05) is 24.3 Å². The fourth-order valence-electron chi connectivity index (χ4n) is 3.02. The zero-order valence-electron chi connectivity index (χ0n) is 17.8. The molecule has 8 heteroatoms. The summed E-state index contributed by atoms with van der Waals surface area (Å²) in [6, 6.07) is 13.8. The molecule has 1 amide bonds. The summed E-state index contributed by atoms with van der Waals surface area (Å²) in [6.07, 6.45) is 0. The predicted octanol–water partition coefficient (Wildman–Crippen LogP) is 3.42. The number of anilines is 1. The second-order valence-electron chi connectivity index (χ2n) is 6.99. The van der Waals surface area contributed by atoms with Crippen LogP contribution >= 0.6 is 0 Å². The minimum Gasteiger partial charge on any atom is -0.452 e. The largest absolute Gasteiger partial charge is 0.452 e. The van der Waals surface area contributed by atoms with Crippen LogP contribution in [-0.4, -0.2) is 34.2 Å². The zero-order chi connectivity index (χ0) is 22.5. The van der Waals surface area contributed by atoms with Crippen LogP contribution in [0.3, 0.4) is 0 Å². The van der Waals surface area contributed by atoms with Gasteiger partial charge in [0.2, 0.25) is 0 Å². The summed E-state index contributed by atoms with van der Waals surface area (Å²) in [5.41, 5.74) is 4.24. The Morgan fingerprint density at radius 1 is 0.968 bits per heavy atom. The van der Waals surface area contributed by atoms with E-state index in [2.05, 4.69) is 10.4 Å². The van der Waals surface area contributed by atoms with E-state index in [1.165, 1.54) is 6.92 Å². The van der Waals surface area contributed by atoms with Crippen molar-refractivity contribution in [3.63, 3.8) is 0 Å². The Hall–Kier alpha value is -3.94. The number of ether oxygens (including phenoxy) is 2. The Morgan fingerprint density at radius 2 is 1.55 bits per heavy atom. The summed E-state index contributed by atoms with van der Waals surface area (Å²) in [5, 5.41) is 6.95. The molecule has 0 aliphatic rings. The number of aromatic nitrogens is 2. The van der Waals surface area contributed by atoms with Crippen molar-refractivity contribution in [2.75, 3.05) is 11.9 Å². The Kier molecular flexibility index (Phi) is 6.49. The maximum atomic E-state index is 12.3. The molecule has 0 saturated heterocycles. The molecule has 0 radical (unpaired) electrons. The second kappa shape index (κ2) is 9.25. The van der Waals surface area contributed by atoms with Crippen LogP contribution in [0.5, 0.6) is 5.75 Å². The van der Waals surface area contributed by atoms with Crippen molar-refractivity contribution in [2.45, 2.75) is 20.8 Å². The number of rotatable bonds is 6. The van der Waals surface area contributed by atoms with Gasteiger partial charge in [0.1, 0.15) is 5.75 Å². The van der Waals surface area contributed by atoms with Crippen LogP contribution in [0.15, 0.2) is 48.5 Å². The van der Waals surface area contributed by atoms with Crippen molar-refractivity contribution >= 4 is 23.5 Å². The average Bonchev–Trinajstić information content (AvgIpc) is 2.98. The Labute approximate surface area is 179 Å². The number of amides is 1. The minimum absolute atomic E-state index is 0.335.